The first-order chi connectivity index (χ1) is 14.3. The molecule has 0 aliphatic rings. The lowest BCUT2D eigenvalue weighted by Gasteiger charge is -2.13. The zero-order valence-corrected chi connectivity index (χ0v) is 19.9. The van der Waals surface area contributed by atoms with Crippen molar-refractivity contribution in [2.45, 2.75) is 20.1 Å². The molecule has 0 aliphatic heterocycles. The van der Waals surface area contributed by atoms with E-state index in [4.69, 9.17) is 19.3 Å². The van der Waals surface area contributed by atoms with E-state index in [0.717, 1.165) is 23.6 Å². The molecule has 2 rings (SSSR count). The molecule has 0 unspecified atom stereocenters. The zero-order valence-electron chi connectivity index (χ0n) is 17.6. The van der Waals surface area contributed by atoms with Crippen LogP contribution in [0.2, 0.25) is 0 Å². The number of aliphatic hydroxyl groups excluding tert-OH is 1. The molecule has 0 aliphatic carbocycles. The minimum Gasteiger partial charge on any atom is -0.493 e. The smallest absolute Gasteiger partial charge is 0.191 e. The topological polar surface area (TPSA) is 84.3 Å². The van der Waals surface area contributed by atoms with Gasteiger partial charge in [-0.2, -0.15) is 0 Å². The molecule has 166 valence electrons. The summed E-state index contributed by atoms with van der Waals surface area (Å²) < 4.78 is 16.5. The van der Waals surface area contributed by atoms with Gasteiger partial charge in [0.1, 0.15) is 6.61 Å². The first-order valence-electron chi connectivity index (χ1n) is 9.81. The van der Waals surface area contributed by atoms with Crippen molar-refractivity contribution in [1.29, 1.82) is 0 Å². The van der Waals surface area contributed by atoms with E-state index in [0.29, 0.717) is 37.8 Å². The number of rotatable bonds is 12. The van der Waals surface area contributed by atoms with Gasteiger partial charge in [-0.1, -0.05) is 36.4 Å². The number of nitrogens with one attached hydrogen (secondary N) is 2. The van der Waals surface area contributed by atoms with Gasteiger partial charge in [0, 0.05) is 13.1 Å². The van der Waals surface area contributed by atoms with Crippen LogP contribution in [0, 0.1) is 0 Å². The largest absolute Gasteiger partial charge is 0.493 e. The lowest BCUT2D eigenvalue weighted by atomic mass is 10.2. The van der Waals surface area contributed by atoms with E-state index >= 15 is 0 Å². The maximum absolute atomic E-state index is 8.90. The average Bonchev–Trinajstić information content (AvgIpc) is 2.76. The second-order valence-electron chi connectivity index (χ2n) is 6.22. The SMILES string of the molecule is CCNC(=NCc1ccc(OCCO)c(OC)c1)NCCOCc1ccccc1.I. The molecule has 7 nitrogen and oxygen atoms in total. The van der Waals surface area contributed by atoms with Crippen LogP contribution in [0.4, 0.5) is 0 Å². The van der Waals surface area contributed by atoms with Gasteiger partial charge in [0.05, 0.1) is 33.5 Å². The van der Waals surface area contributed by atoms with Crippen LogP contribution in [-0.4, -0.2) is 51.1 Å². The van der Waals surface area contributed by atoms with Crippen LogP contribution in [0.1, 0.15) is 18.1 Å². The molecule has 0 amide bonds. The van der Waals surface area contributed by atoms with Crippen LogP contribution in [0.25, 0.3) is 0 Å². The molecule has 0 saturated carbocycles. The molecule has 0 spiro atoms. The molecule has 0 aromatic heterocycles. The number of nitrogens with zero attached hydrogens (tertiary/aromatic N) is 1. The summed E-state index contributed by atoms with van der Waals surface area (Å²) in [5.41, 5.74) is 2.16. The fraction of sp³-hybridized carbons (Fsp3) is 0.409. The fourth-order valence-corrected chi connectivity index (χ4v) is 2.60. The summed E-state index contributed by atoms with van der Waals surface area (Å²) in [5, 5.41) is 15.4. The van der Waals surface area contributed by atoms with Crippen molar-refractivity contribution in [2.24, 2.45) is 4.99 Å². The highest BCUT2D eigenvalue weighted by Crippen LogP contribution is 2.28. The van der Waals surface area contributed by atoms with Crippen molar-refractivity contribution in [1.82, 2.24) is 10.6 Å². The van der Waals surface area contributed by atoms with Gasteiger partial charge in [0.2, 0.25) is 0 Å². The Bertz CT molecular complexity index is 744. The Kier molecular flexibility index (Phi) is 13.7. The van der Waals surface area contributed by atoms with Gasteiger partial charge in [-0.3, -0.25) is 0 Å². The number of aliphatic hydroxyl groups is 1. The molecule has 0 radical (unpaired) electrons. The molecular weight excluding hydrogens is 497 g/mol. The molecule has 0 saturated heterocycles. The second-order valence-corrected chi connectivity index (χ2v) is 6.22. The van der Waals surface area contributed by atoms with Crippen molar-refractivity contribution in [2.75, 3.05) is 40.0 Å². The summed E-state index contributed by atoms with van der Waals surface area (Å²) in [6.45, 7) is 5.33. The van der Waals surface area contributed by atoms with Crippen molar-refractivity contribution >= 4 is 29.9 Å². The van der Waals surface area contributed by atoms with Crippen molar-refractivity contribution in [3.05, 3.63) is 59.7 Å². The molecule has 2 aromatic carbocycles. The predicted molar refractivity (Wildman–Crippen MR) is 130 cm³/mol. The zero-order chi connectivity index (χ0) is 20.7. The van der Waals surface area contributed by atoms with Gasteiger partial charge in [0.15, 0.2) is 17.5 Å². The van der Waals surface area contributed by atoms with Gasteiger partial charge in [-0.25, -0.2) is 4.99 Å². The molecule has 30 heavy (non-hydrogen) atoms. The Morgan fingerprint density at radius 3 is 2.50 bits per heavy atom. The number of ether oxygens (including phenoxy) is 3. The summed E-state index contributed by atoms with van der Waals surface area (Å²) in [5.74, 6) is 1.96. The van der Waals surface area contributed by atoms with E-state index in [1.54, 1.807) is 7.11 Å². The quantitative estimate of drug-likeness (QED) is 0.170. The van der Waals surface area contributed by atoms with E-state index in [2.05, 4.69) is 15.6 Å². The second kappa shape index (κ2) is 15.8. The van der Waals surface area contributed by atoms with E-state index < -0.39 is 0 Å². The number of hydrogen-bond donors (Lipinski definition) is 3. The van der Waals surface area contributed by atoms with Crippen LogP contribution in [0.3, 0.4) is 0 Å². The first kappa shape index (κ1) is 26.0. The average molecular weight is 529 g/mol. The molecule has 0 fully saturated rings. The van der Waals surface area contributed by atoms with Gasteiger partial charge >= 0.3 is 0 Å². The number of methoxy groups -OCH3 is 1. The van der Waals surface area contributed by atoms with Crippen LogP contribution >= 0.6 is 24.0 Å². The summed E-state index contributed by atoms with van der Waals surface area (Å²) in [6.07, 6.45) is 0. The summed E-state index contributed by atoms with van der Waals surface area (Å²) in [4.78, 5) is 4.61. The van der Waals surface area contributed by atoms with Crippen LogP contribution in [0.5, 0.6) is 11.5 Å². The lowest BCUT2D eigenvalue weighted by molar-refractivity contribution is 0.125. The molecule has 8 heteroatoms. The number of halogens is 1. The Morgan fingerprint density at radius 1 is 1.00 bits per heavy atom. The Hall–Kier alpha value is -2.04. The Labute approximate surface area is 195 Å². The van der Waals surface area contributed by atoms with Gasteiger partial charge in [0.25, 0.3) is 0 Å². The molecular formula is C22H32IN3O4. The third kappa shape index (κ3) is 9.64. The highest BCUT2D eigenvalue weighted by molar-refractivity contribution is 14.0. The number of guanidine groups is 1. The summed E-state index contributed by atoms with van der Waals surface area (Å²) in [7, 11) is 1.59. The van der Waals surface area contributed by atoms with E-state index in [9.17, 15) is 0 Å². The van der Waals surface area contributed by atoms with Gasteiger partial charge in [-0.05, 0) is 30.2 Å². The molecule has 0 atom stereocenters. The molecule has 3 N–H and O–H groups in total. The number of aliphatic imine (C=N–C) groups is 1. The van der Waals surface area contributed by atoms with Crippen LogP contribution in [-0.2, 0) is 17.9 Å². The maximum atomic E-state index is 8.90. The minimum atomic E-state index is -0.0397. The molecule has 0 bridgehead atoms. The maximum Gasteiger partial charge on any atom is 0.191 e. The van der Waals surface area contributed by atoms with Crippen LogP contribution in [0.15, 0.2) is 53.5 Å². The monoisotopic (exact) mass is 529 g/mol. The minimum absolute atomic E-state index is 0. The van der Waals surface area contributed by atoms with Crippen molar-refractivity contribution in [3.63, 3.8) is 0 Å². The normalized spacial score (nSPS) is 10.8. The summed E-state index contributed by atoms with van der Waals surface area (Å²) in [6, 6.07) is 15.8. The Balaban J connectivity index is 0.00000450. The fourth-order valence-electron chi connectivity index (χ4n) is 2.60. The molecule has 2 aromatic rings. The van der Waals surface area contributed by atoms with E-state index in [-0.39, 0.29) is 37.2 Å². The third-order valence-corrected chi connectivity index (χ3v) is 3.99. The van der Waals surface area contributed by atoms with Crippen molar-refractivity contribution in [3.8, 4) is 11.5 Å². The molecule has 0 heterocycles. The predicted octanol–water partition coefficient (Wildman–Crippen LogP) is 2.96. The Morgan fingerprint density at radius 2 is 1.80 bits per heavy atom. The number of benzene rings is 2. The van der Waals surface area contributed by atoms with Crippen LogP contribution < -0.4 is 20.1 Å². The van der Waals surface area contributed by atoms with E-state index in [1.165, 1.54) is 0 Å². The highest BCUT2D eigenvalue weighted by atomic mass is 127. The van der Waals surface area contributed by atoms with Gasteiger partial charge < -0.3 is 30.0 Å². The third-order valence-electron chi connectivity index (χ3n) is 3.99. The van der Waals surface area contributed by atoms with Gasteiger partial charge in [-0.15, -0.1) is 24.0 Å². The lowest BCUT2D eigenvalue weighted by Crippen LogP contribution is -2.38. The summed E-state index contributed by atoms with van der Waals surface area (Å²) >= 11 is 0. The number of hydrogen-bond acceptors (Lipinski definition) is 5. The first-order valence-corrected chi connectivity index (χ1v) is 9.81. The highest BCUT2D eigenvalue weighted by Gasteiger charge is 2.06. The van der Waals surface area contributed by atoms with Crippen molar-refractivity contribution < 1.29 is 19.3 Å². The standard InChI is InChI=1S/C22H31N3O4.HI/c1-3-23-22(24-11-13-28-17-18-7-5-4-6-8-18)25-16-19-9-10-20(29-14-12-26)21(15-19)27-2;/h4-10,15,26H,3,11-14,16-17H2,1-2H3,(H2,23,24,25);1H. The van der Waals surface area contributed by atoms with E-state index in [1.807, 2.05) is 55.5 Å².